The van der Waals surface area contributed by atoms with Gasteiger partial charge in [-0.1, -0.05) is 168 Å². The van der Waals surface area contributed by atoms with Gasteiger partial charge in [-0.05, 0) is 146 Å². The van der Waals surface area contributed by atoms with Crippen LogP contribution < -0.4 is 33.2 Å². The zero-order valence-corrected chi connectivity index (χ0v) is 51.7. The molecule has 1 aliphatic carbocycles. The van der Waals surface area contributed by atoms with Gasteiger partial charge in [0.2, 0.25) is 0 Å². The van der Waals surface area contributed by atoms with Gasteiger partial charge >= 0.3 is 47.8 Å². The number of aryl methyl sites for hydroxylation is 2. The molecular weight excluding hydrogens is 1200 g/mol. The first-order valence-corrected chi connectivity index (χ1v) is 29.3. The van der Waals surface area contributed by atoms with Crippen LogP contribution in [-0.2, 0) is 62.5 Å². The molecule has 10 aromatic carbocycles. The van der Waals surface area contributed by atoms with Crippen molar-refractivity contribution in [1.29, 1.82) is 0 Å². The van der Waals surface area contributed by atoms with Gasteiger partial charge in [0.15, 0.2) is 11.5 Å². The number of esters is 8. The van der Waals surface area contributed by atoms with Crippen LogP contribution in [-0.4, -0.2) is 47.8 Å². The minimum Gasteiger partial charge on any atom is -0.458 e. The standard InChI is InChI=1S/C18H14O2.3C16H12O4.C13H14O2/c1-2-18(19)20-12-17-15-9-5-3-7-13(15)11-14-8-4-6-10-16(14)17;1-3-15(17)19-13-7-5-11-6-8-14(10-12(11)9-13)20-16(18)4-2;1-3-15(17)19-12-9-11-7-5-6-8-13(11)14(10-12)20-16(18)4-2;1-3-15(17)19-13-9-11-7-5-6-8-12(11)10-14(13)20-16(18)4-2;1-2-13(14)15-12-8-7-10-5-3-4-6-11(10)9-12/h2-11H,1,12H2;3*3-10H,1-2H2;2,7-9H,1,3-6H2. The Hall–Kier alpha value is -12.8. The third-order valence-corrected chi connectivity index (χ3v) is 13.8. The molecule has 0 radical (unpaired) electrons. The number of hydrogen-bond donors (Lipinski definition) is 0. The van der Waals surface area contributed by atoms with E-state index in [1.54, 1.807) is 60.7 Å². The summed E-state index contributed by atoms with van der Waals surface area (Å²) in [4.78, 5) is 89.9. The maximum atomic E-state index is 11.4. The number of carbonyl (C=O) groups excluding carboxylic acids is 8. The summed E-state index contributed by atoms with van der Waals surface area (Å²) in [5.41, 5.74) is 3.74. The van der Waals surface area contributed by atoms with Crippen LogP contribution in [0.4, 0.5) is 0 Å². The first kappa shape index (κ1) is 69.7. The largest absolute Gasteiger partial charge is 0.458 e. The van der Waals surface area contributed by atoms with Crippen LogP contribution in [0.1, 0.15) is 29.5 Å². The Morgan fingerprint density at radius 1 is 0.284 bits per heavy atom. The van der Waals surface area contributed by atoms with Crippen molar-refractivity contribution in [2.24, 2.45) is 0 Å². The summed E-state index contributed by atoms with van der Waals surface area (Å²) in [6, 6.07) is 55.8. The highest BCUT2D eigenvalue weighted by atomic mass is 16.6. The molecule has 95 heavy (non-hydrogen) atoms. The van der Waals surface area contributed by atoms with Crippen molar-refractivity contribution in [2.45, 2.75) is 32.3 Å². The normalized spacial score (nSPS) is 10.7. The van der Waals surface area contributed by atoms with Gasteiger partial charge in [0.1, 0.15) is 35.4 Å². The molecule has 0 saturated carbocycles. The lowest BCUT2D eigenvalue weighted by molar-refractivity contribution is -0.139. The average molecular weight is 1270 g/mol. The van der Waals surface area contributed by atoms with Crippen molar-refractivity contribution >= 4 is 102 Å². The van der Waals surface area contributed by atoms with Crippen LogP contribution in [0, 0.1) is 0 Å². The van der Waals surface area contributed by atoms with Crippen LogP contribution >= 0.6 is 0 Å². The van der Waals surface area contributed by atoms with E-state index in [1.165, 1.54) is 42.2 Å². The fourth-order valence-corrected chi connectivity index (χ4v) is 9.40. The Kier molecular flexibility index (Phi) is 25.6. The summed E-state index contributed by atoms with van der Waals surface area (Å²) in [5.74, 6) is -1.96. The van der Waals surface area contributed by atoms with Crippen molar-refractivity contribution in [1.82, 2.24) is 0 Å². The van der Waals surface area contributed by atoms with Gasteiger partial charge in [0.05, 0.1) is 0 Å². The molecule has 0 aliphatic heterocycles. The second-order valence-corrected chi connectivity index (χ2v) is 20.1. The van der Waals surface area contributed by atoms with E-state index < -0.39 is 47.8 Å². The molecule has 0 bridgehead atoms. The Labute approximate surface area is 547 Å². The number of rotatable bonds is 17. The third kappa shape index (κ3) is 20.3. The second-order valence-electron chi connectivity index (χ2n) is 20.1. The number of fused-ring (bicyclic) bond motifs is 6. The van der Waals surface area contributed by atoms with E-state index in [4.69, 9.17) is 37.9 Å². The molecule has 0 fully saturated rings. The average Bonchev–Trinajstić information content (AvgIpc) is 0.817. The fraction of sp³-hybridized carbons (Fsp3) is 0.0633. The zero-order chi connectivity index (χ0) is 68.2. The van der Waals surface area contributed by atoms with E-state index in [9.17, 15) is 38.4 Å². The van der Waals surface area contributed by atoms with E-state index in [1.807, 2.05) is 78.9 Å². The monoisotopic (exact) mass is 1270 g/mol. The van der Waals surface area contributed by atoms with Gasteiger partial charge < -0.3 is 37.9 Å². The van der Waals surface area contributed by atoms with Crippen LogP contribution in [0.25, 0.3) is 53.9 Å². The molecule has 0 spiro atoms. The van der Waals surface area contributed by atoms with Crippen LogP contribution in [0.15, 0.2) is 283 Å². The molecule has 0 heterocycles. The van der Waals surface area contributed by atoms with Crippen molar-refractivity contribution in [2.75, 3.05) is 0 Å². The summed E-state index contributed by atoms with van der Waals surface area (Å²) in [6.45, 7) is 27.0. The molecule has 476 valence electrons. The van der Waals surface area contributed by atoms with Gasteiger partial charge in [0.25, 0.3) is 0 Å². The highest BCUT2D eigenvalue weighted by molar-refractivity contribution is 6.03. The van der Waals surface area contributed by atoms with Gasteiger partial charge in [-0.15, -0.1) is 0 Å². The summed E-state index contributed by atoms with van der Waals surface area (Å²) in [5, 5.41) is 9.48. The van der Waals surface area contributed by atoms with E-state index in [0.717, 1.165) is 109 Å². The maximum Gasteiger partial charge on any atom is 0.335 e. The summed E-state index contributed by atoms with van der Waals surface area (Å²) < 4.78 is 40.7. The van der Waals surface area contributed by atoms with Crippen LogP contribution in [0.5, 0.6) is 40.2 Å². The van der Waals surface area contributed by atoms with Crippen molar-refractivity contribution in [3.05, 3.63) is 300 Å². The van der Waals surface area contributed by atoms with Gasteiger partial charge in [-0.2, -0.15) is 0 Å². The lowest BCUT2D eigenvalue weighted by atomic mass is 9.92. The van der Waals surface area contributed by atoms with E-state index in [2.05, 4.69) is 89.0 Å². The lowest BCUT2D eigenvalue weighted by Gasteiger charge is -2.16. The zero-order valence-electron chi connectivity index (χ0n) is 51.7. The predicted molar refractivity (Wildman–Crippen MR) is 367 cm³/mol. The molecule has 0 saturated heterocycles. The number of carbonyl (C=O) groups is 8. The van der Waals surface area contributed by atoms with Gasteiger partial charge in [-0.3, -0.25) is 0 Å². The summed E-state index contributed by atoms with van der Waals surface area (Å²) in [7, 11) is 0. The molecule has 16 nitrogen and oxygen atoms in total. The molecule has 0 amide bonds. The number of hydrogen-bond acceptors (Lipinski definition) is 16. The minimum absolute atomic E-state index is 0.156. The second kappa shape index (κ2) is 35.0. The minimum atomic E-state index is -0.629. The molecule has 16 heteroatoms. The highest BCUT2D eigenvalue weighted by Gasteiger charge is 2.16. The Bertz CT molecular complexity index is 4470. The van der Waals surface area contributed by atoms with Crippen molar-refractivity contribution in [3.63, 3.8) is 0 Å². The van der Waals surface area contributed by atoms with Crippen LogP contribution in [0.2, 0.25) is 0 Å². The van der Waals surface area contributed by atoms with Crippen LogP contribution in [0.3, 0.4) is 0 Å². The molecule has 0 aromatic heterocycles. The molecule has 10 aromatic rings. The Balaban J connectivity index is 0.000000168. The predicted octanol–water partition coefficient (Wildman–Crippen LogP) is 15.9. The Morgan fingerprint density at radius 3 is 1.08 bits per heavy atom. The molecular formula is C79H64O16. The number of ether oxygens (including phenoxy) is 8. The smallest absolute Gasteiger partial charge is 0.335 e. The van der Waals surface area contributed by atoms with E-state index in [0.29, 0.717) is 23.0 Å². The molecule has 0 N–H and O–H groups in total. The first-order chi connectivity index (χ1) is 46.0. The van der Waals surface area contributed by atoms with Crippen molar-refractivity contribution < 1.29 is 76.3 Å². The fourth-order valence-electron chi connectivity index (χ4n) is 9.40. The lowest BCUT2D eigenvalue weighted by Crippen LogP contribution is -2.08. The number of benzene rings is 10. The SMILES string of the molecule is C=CC(=O)OCc1c2ccccc2cc2ccccc12.C=CC(=O)Oc1cc(OC(=O)C=C)c2ccccc2c1.C=CC(=O)Oc1cc2ccccc2cc1OC(=O)C=C.C=CC(=O)Oc1ccc2c(c1)CCCC2.C=CC(=O)Oc1ccc2ccc(OC(=O)C=C)cc2c1. The highest BCUT2D eigenvalue weighted by Crippen LogP contribution is 2.35. The first-order valence-electron chi connectivity index (χ1n) is 29.3. The molecule has 0 atom stereocenters. The van der Waals surface area contributed by atoms with E-state index >= 15 is 0 Å². The van der Waals surface area contributed by atoms with Gasteiger partial charge in [-0.25, -0.2) is 38.4 Å². The molecule has 1 aliphatic rings. The van der Waals surface area contributed by atoms with Gasteiger partial charge in [0, 0.05) is 65.6 Å². The molecule has 11 rings (SSSR count). The summed E-state index contributed by atoms with van der Waals surface area (Å²) in [6.07, 6.45) is 13.5. The topological polar surface area (TPSA) is 210 Å². The van der Waals surface area contributed by atoms with Crippen molar-refractivity contribution in [3.8, 4) is 40.2 Å². The third-order valence-electron chi connectivity index (χ3n) is 13.8. The maximum absolute atomic E-state index is 11.4. The Morgan fingerprint density at radius 2 is 0.632 bits per heavy atom. The summed E-state index contributed by atoms with van der Waals surface area (Å²) >= 11 is 0. The molecule has 0 unspecified atom stereocenters. The quantitative estimate of drug-likeness (QED) is 0.0359. The van der Waals surface area contributed by atoms with E-state index in [-0.39, 0.29) is 23.9 Å².